The van der Waals surface area contributed by atoms with E-state index in [1.807, 2.05) is 13.0 Å². The minimum atomic E-state index is -0.151. The predicted octanol–water partition coefficient (Wildman–Crippen LogP) is 2.04. The second-order valence-corrected chi connectivity index (χ2v) is 7.78. The van der Waals surface area contributed by atoms with Gasteiger partial charge in [-0.25, -0.2) is 4.68 Å². The number of hydrogen-bond acceptors (Lipinski definition) is 5. The largest absolute Gasteiger partial charge is 0.355 e. The van der Waals surface area contributed by atoms with Gasteiger partial charge in [0.15, 0.2) is 5.15 Å². The number of hydrogen-bond donors (Lipinski definition) is 1. The van der Waals surface area contributed by atoms with Crippen molar-refractivity contribution in [2.24, 2.45) is 5.92 Å². The summed E-state index contributed by atoms with van der Waals surface area (Å²) >= 11 is 6.29. The van der Waals surface area contributed by atoms with E-state index < -0.39 is 0 Å². The Labute approximate surface area is 186 Å². The van der Waals surface area contributed by atoms with Crippen LogP contribution >= 0.6 is 11.6 Å². The maximum absolute atomic E-state index is 12.8. The minimum Gasteiger partial charge on any atom is -0.355 e. The monoisotopic (exact) mass is 446 g/mol. The quantitative estimate of drug-likeness (QED) is 0.701. The van der Waals surface area contributed by atoms with Gasteiger partial charge in [-0.2, -0.15) is 5.10 Å². The van der Waals surface area contributed by atoms with E-state index in [9.17, 15) is 14.4 Å². The van der Waals surface area contributed by atoms with Gasteiger partial charge in [-0.1, -0.05) is 11.6 Å². The van der Waals surface area contributed by atoms with E-state index in [1.54, 1.807) is 39.1 Å². The van der Waals surface area contributed by atoms with Crippen molar-refractivity contribution in [1.82, 2.24) is 25.0 Å². The number of nitrogens with zero attached hydrogens (tertiary/aromatic N) is 5. The van der Waals surface area contributed by atoms with Crippen molar-refractivity contribution in [3.63, 3.8) is 0 Å². The Hall–Kier alpha value is -2.94. The fourth-order valence-corrected chi connectivity index (χ4v) is 3.89. The molecule has 0 unspecified atom stereocenters. The molecule has 31 heavy (non-hydrogen) atoms. The van der Waals surface area contributed by atoms with Crippen molar-refractivity contribution < 1.29 is 14.4 Å². The van der Waals surface area contributed by atoms with Gasteiger partial charge in [-0.05, 0) is 31.9 Å². The van der Waals surface area contributed by atoms with Gasteiger partial charge in [-0.3, -0.25) is 19.4 Å². The summed E-state index contributed by atoms with van der Waals surface area (Å²) in [6, 6.07) is 3.63. The smallest absolute Gasteiger partial charge is 0.228 e. The fourth-order valence-electron chi connectivity index (χ4n) is 3.66. The molecule has 1 aliphatic heterocycles. The molecule has 0 aromatic carbocycles. The molecule has 166 valence electrons. The lowest BCUT2D eigenvalue weighted by Crippen LogP contribution is -2.43. The van der Waals surface area contributed by atoms with E-state index in [0.717, 1.165) is 5.69 Å². The maximum atomic E-state index is 12.8. The number of rotatable bonds is 7. The van der Waals surface area contributed by atoms with Crippen molar-refractivity contribution in [1.29, 1.82) is 0 Å². The van der Waals surface area contributed by atoms with Crippen molar-refractivity contribution in [3.05, 3.63) is 35.9 Å². The van der Waals surface area contributed by atoms with Crippen LogP contribution in [0.3, 0.4) is 0 Å². The molecule has 0 aliphatic carbocycles. The Morgan fingerprint density at radius 1 is 1.29 bits per heavy atom. The summed E-state index contributed by atoms with van der Waals surface area (Å²) in [5.41, 5.74) is 1.25. The molecule has 0 spiro atoms. The highest BCUT2D eigenvalue weighted by molar-refractivity contribution is 6.32. The number of carbonyl (C=O) groups is 3. The van der Waals surface area contributed by atoms with Crippen molar-refractivity contribution in [3.8, 4) is 5.69 Å². The summed E-state index contributed by atoms with van der Waals surface area (Å²) in [5.74, 6) is -0.307. The topological polar surface area (TPSA) is 100 Å². The first-order chi connectivity index (χ1) is 14.9. The molecule has 1 N–H and O–H groups in total. The van der Waals surface area contributed by atoms with E-state index in [1.165, 1.54) is 6.92 Å². The molecular weight excluding hydrogens is 420 g/mol. The van der Waals surface area contributed by atoms with E-state index in [-0.39, 0.29) is 41.8 Å². The molecule has 3 amide bonds. The summed E-state index contributed by atoms with van der Waals surface area (Å²) in [7, 11) is 0. The van der Waals surface area contributed by atoms with Gasteiger partial charge in [-0.15, -0.1) is 0 Å². The van der Waals surface area contributed by atoms with Crippen LogP contribution in [0.5, 0.6) is 0 Å². The predicted molar refractivity (Wildman–Crippen MR) is 117 cm³/mol. The zero-order valence-corrected chi connectivity index (χ0v) is 18.5. The number of halogens is 1. The zero-order chi connectivity index (χ0) is 22.4. The van der Waals surface area contributed by atoms with Crippen LogP contribution in [0.1, 0.15) is 33.1 Å². The Bertz CT molecular complexity index is 924. The number of pyridine rings is 1. The first kappa shape index (κ1) is 22.7. The van der Waals surface area contributed by atoms with Crippen LogP contribution in [0.2, 0.25) is 5.15 Å². The number of likely N-dealkylation sites (tertiary alicyclic amines) is 1. The molecule has 3 heterocycles. The lowest BCUT2D eigenvalue weighted by atomic mass is 9.96. The summed E-state index contributed by atoms with van der Waals surface area (Å²) in [6.07, 6.45) is 6.45. The molecule has 0 saturated carbocycles. The SMILES string of the molecule is CCN(C(=O)CCNC(=O)C1CCN(C(C)=O)CC1)c1cn(-c2cccnc2)nc1Cl. The van der Waals surface area contributed by atoms with Gasteiger partial charge in [0, 0.05) is 51.6 Å². The molecule has 0 bridgehead atoms. The third-order valence-electron chi connectivity index (χ3n) is 5.42. The molecule has 9 nitrogen and oxygen atoms in total. The molecule has 10 heteroatoms. The van der Waals surface area contributed by atoms with E-state index >= 15 is 0 Å². The van der Waals surface area contributed by atoms with Crippen LogP contribution in [-0.4, -0.2) is 63.6 Å². The molecule has 2 aromatic rings. The Kier molecular flexibility index (Phi) is 7.62. The summed E-state index contributed by atoms with van der Waals surface area (Å²) < 4.78 is 1.58. The summed E-state index contributed by atoms with van der Waals surface area (Å²) in [5, 5.41) is 7.34. The Morgan fingerprint density at radius 2 is 2.03 bits per heavy atom. The number of carbonyl (C=O) groups excluding carboxylic acids is 3. The number of nitrogens with one attached hydrogen (secondary N) is 1. The highest BCUT2D eigenvalue weighted by atomic mass is 35.5. The molecular formula is C21H27ClN6O3. The second kappa shape index (κ2) is 10.4. The number of anilines is 1. The van der Waals surface area contributed by atoms with Gasteiger partial charge >= 0.3 is 0 Å². The molecule has 0 atom stereocenters. The molecule has 1 aliphatic rings. The molecule has 0 radical (unpaired) electrons. The van der Waals surface area contributed by atoms with Crippen molar-refractivity contribution >= 4 is 35.0 Å². The van der Waals surface area contributed by atoms with Gasteiger partial charge < -0.3 is 15.1 Å². The lowest BCUT2D eigenvalue weighted by molar-refractivity contribution is -0.134. The normalized spacial score (nSPS) is 14.4. The highest BCUT2D eigenvalue weighted by Gasteiger charge is 2.26. The van der Waals surface area contributed by atoms with Crippen LogP contribution in [0.25, 0.3) is 5.69 Å². The van der Waals surface area contributed by atoms with Crippen molar-refractivity contribution in [2.45, 2.75) is 33.1 Å². The fraction of sp³-hybridized carbons (Fsp3) is 0.476. The van der Waals surface area contributed by atoms with E-state index in [2.05, 4.69) is 15.4 Å². The molecule has 2 aromatic heterocycles. The minimum absolute atomic E-state index is 0.0367. The zero-order valence-electron chi connectivity index (χ0n) is 17.8. The van der Waals surface area contributed by atoms with Gasteiger partial charge in [0.2, 0.25) is 17.7 Å². The van der Waals surface area contributed by atoms with Gasteiger partial charge in [0.1, 0.15) is 5.69 Å². The second-order valence-electron chi connectivity index (χ2n) is 7.42. The van der Waals surface area contributed by atoms with Crippen LogP contribution < -0.4 is 10.2 Å². The van der Waals surface area contributed by atoms with Gasteiger partial charge in [0.05, 0.1) is 18.1 Å². The molecule has 3 rings (SSSR count). The Balaban J connectivity index is 1.53. The molecule has 1 fully saturated rings. The summed E-state index contributed by atoms with van der Waals surface area (Å²) in [4.78, 5) is 43.9. The van der Waals surface area contributed by atoms with E-state index in [4.69, 9.17) is 11.6 Å². The Morgan fingerprint density at radius 3 is 2.65 bits per heavy atom. The van der Waals surface area contributed by atoms with Crippen LogP contribution in [0.15, 0.2) is 30.7 Å². The maximum Gasteiger partial charge on any atom is 0.228 e. The highest BCUT2D eigenvalue weighted by Crippen LogP contribution is 2.26. The van der Waals surface area contributed by atoms with Crippen molar-refractivity contribution in [2.75, 3.05) is 31.1 Å². The van der Waals surface area contributed by atoms with Crippen LogP contribution in [-0.2, 0) is 14.4 Å². The average Bonchev–Trinajstić information content (AvgIpc) is 3.16. The first-order valence-corrected chi connectivity index (χ1v) is 10.8. The number of aromatic nitrogens is 3. The number of amides is 3. The first-order valence-electron chi connectivity index (χ1n) is 10.4. The standard InChI is InChI=1S/C21H27ClN6O3/c1-3-27(18-14-28(25-20(18)22)17-5-4-9-23-13-17)19(30)6-10-24-21(31)16-7-11-26(12-8-16)15(2)29/h4-5,9,13-14,16H,3,6-8,10-12H2,1-2H3,(H,24,31). The average molecular weight is 447 g/mol. The summed E-state index contributed by atoms with van der Waals surface area (Å²) in [6.45, 7) is 5.25. The molecule has 1 saturated heterocycles. The number of piperidine rings is 1. The van der Waals surface area contributed by atoms with Crippen LogP contribution in [0, 0.1) is 5.92 Å². The van der Waals surface area contributed by atoms with Gasteiger partial charge in [0.25, 0.3) is 0 Å². The third kappa shape index (κ3) is 5.61. The van der Waals surface area contributed by atoms with E-state index in [0.29, 0.717) is 38.2 Å². The third-order valence-corrected chi connectivity index (χ3v) is 5.69. The lowest BCUT2D eigenvalue weighted by Gasteiger charge is -2.30. The van der Waals surface area contributed by atoms with Crippen LogP contribution in [0.4, 0.5) is 5.69 Å².